The lowest BCUT2D eigenvalue weighted by Gasteiger charge is -2.40. The predicted molar refractivity (Wildman–Crippen MR) is 214 cm³/mol. The number of rotatable bonds is 29. The number of carbonyl (C=O) groups excluding carboxylic acids is 2. The molecule has 0 amide bonds. The number of hydrogen-bond acceptors (Lipinski definition) is 11. The van der Waals surface area contributed by atoms with Gasteiger partial charge in [0.25, 0.3) is 10.1 Å². The molecule has 0 aliphatic carbocycles. The van der Waals surface area contributed by atoms with Gasteiger partial charge in [-0.25, -0.2) is 0 Å². The molecule has 1 rings (SSSR count). The largest absolute Gasteiger partial charge is 0.462 e. The first kappa shape index (κ1) is 49.6. The number of ether oxygens (including phenoxy) is 4. The van der Waals surface area contributed by atoms with Crippen molar-refractivity contribution in [2.24, 2.45) is 0 Å². The molecule has 4 N–H and O–H groups in total. The van der Waals surface area contributed by atoms with Crippen molar-refractivity contribution >= 4 is 22.1 Å². The van der Waals surface area contributed by atoms with Crippen LogP contribution in [0.3, 0.4) is 0 Å². The highest BCUT2D eigenvalue weighted by molar-refractivity contribution is 7.85. The second kappa shape index (κ2) is 31.7. The summed E-state index contributed by atoms with van der Waals surface area (Å²) in [6, 6.07) is 0. The van der Waals surface area contributed by atoms with Gasteiger partial charge in [0.15, 0.2) is 12.4 Å². The number of carbonyl (C=O) groups is 2. The number of esters is 2. The summed E-state index contributed by atoms with van der Waals surface area (Å²) in [5.74, 6) is -2.13. The van der Waals surface area contributed by atoms with E-state index in [0.29, 0.717) is 19.3 Å². The topological polar surface area (TPSA) is 186 Å². The molecular formula is C42H64O12S. The van der Waals surface area contributed by atoms with Crippen molar-refractivity contribution in [2.45, 2.75) is 134 Å². The third kappa shape index (κ3) is 26.9. The highest BCUT2D eigenvalue weighted by atomic mass is 32.2. The van der Waals surface area contributed by atoms with Gasteiger partial charge in [-0.05, 0) is 57.8 Å². The van der Waals surface area contributed by atoms with Gasteiger partial charge in [-0.15, -0.1) is 0 Å². The summed E-state index contributed by atoms with van der Waals surface area (Å²) >= 11 is 0. The van der Waals surface area contributed by atoms with Gasteiger partial charge in [0.2, 0.25) is 0 Å². The van der Waals surface area contributed by atoms with Gasteiger partial charge < -0.3 is 34.3 Å². The molecule has 0 aromatic rings. The smallest absolute Gasteiger partial charge is 0.306 e. The number of unbranched alkanes of at least 4 members (excludes halogenated alkanes) is 5. The molecule has 3 unspecified atom stereocenters. The van der Waals surface area contributed by atoms with E-state index in [0.717, 1.165) is 51.4 Å². The fourth-order valence-corrected chi connectivity index (χ4v) is 5.76. The van der Waals surface area contributed by atoms with E-state index in [4.69, 9.17) is 18.9 Å². The number of hydrogen-bond donors (Lipinski definition) is 4. The maximum absolute atomic E-state index is 12.7. The minimum atomic E-state index is -4.62. The van der Waals surface area contributed by atoms with Crippen molar-refractivity contribution in [1.29, 1.82) is 0 Å². The lowest BCUT2D eigenvalue weighted by Crippen LogP contribution is -2.60. The molecule has 12 nitrogen and oxygen atoms in total. The standard InChI is InChI=1S/C42H64O12S/c1-3-5-7-9-11-13-15-17-19-20-22-24-26-28-30-37(43)51-32-35(33-52-42-41(47)40(46)39(45)36(54-42)34-55(48,49)50)53-38(44)31-29-27-25-23-21-18-16-14-12-10-8-6-4-2/h5-8,10-14,16-19,21,23,25,35-36,39-42,45-47H,3-4,9,15,20,22,24,26-34H2,1-2H3,(H,48,49,50)/b7-5+,8-6+,12-10+,13-11+,16-14+,19-17+,21-18+,25-23+/t35?,36-,39-,40?,41?,42+/m1/s1. The molecule has 0 bridgehead atoms. The van der Waals surface area contributed by atoms with Crippen LogP contribution in [0.15, 0.2) is 97.2 Å². The van der Waals surface area contributed by atoms with Crippen LogP contribution in [0, 0.1) is 0 Å². The van der Waals surface area contributed by atoms with Gasteiger partial charge in [-0.1, -0.05) is 124 Å². The zero-order valence-electron chi connectivity index (χ0n) is 32.5. The Labute approximate surface area is 328 Å². The summed E-state index contributed by atoms with van der Waals surface area (Å²) in [5.41, 5.74) is 0. The molecule has 1 fully saturated rings. The molecule has 1 aliphatic heterocycles. The lowest BCUT2D eigenvalue weighted by molar-refractivity contribution is -0.297. The predicted octanol–water partition coefficient (Wildman–Crippen LogP) is 6.71. The Balaban J connectivity index is 2.60. The van der Waals surface area contributed by atoms with Crippen LogP contribution in [0.5, 0.6) is 0 Å². The third-order valence-corrected chi connectivity index (χ3v) is 8.79. The van der Waals surface area contributed by atoms with Crippen LogP contribution in [-0.4, -0.2) is 96.0 Å². The fourth-order valence-electron chi connectivity index (χ4n) is 5.07. The van der Waals surface area contributed by atoms with Gasteiger partial charge in [0.05, 0.1) is 6.61 Å². The zero-order chi connectivity index (χ0) is 40.6. The van der Waals surface area contributed by atoms with E-state index in [2.05, 4.69) is 56.4 Å². The van der Waals surface area contributed by atoms with E-state index < -0.39 is 71.2 Å². The summed E-state index contributed by atoms with van der Waals surface area (Å²) in [4.78, 5) is 25.2. The summed E-state index contributed by atoms with van der Waals surface area (Å²) in [6.07, 6.45) is 31.9. The molecule has 0 aromatic carbocycles. The Bertz CT molecular complexity index is 1390. The molecule has 1 aliphatic rings. The second-order valence-electron chi connectivity index (χ2n) is 12.9. The summed E-state index contributed by atoms with van der Waals surface area (Å²) in [5, 5.41) is 30.7. The van der Waals surface area contributed by atoms with Crippen molar-refractivity contribution in [1.82, 2.24) is 0 Å². The van der Waals surface area contributed by atoms with E-state index in [1.54, 1.807) is 0 Å². The van der Waals surface area contributed by atoms with Crippen LogP contribution in [0.2, 0.25) is 0 Å². The van der Waals surface area contributed by atoms with Crippen LogP contribution >= 0.6 is 0 Å². The second-order valence-corrected chi connectivity index (χ2v) is 14.4. The monoisotopic (exact) mass is 792 g/mol. The van der Waals surface area contributed by atoms with Crippen molar-refractivity contribution in [3.05, 3.63) is 97.2 Å². The van der Waals surface area contributed by atoms with Gasteiger partial charge >= 0.3 is 11.9 Å². The van der Waals surface area contributed by atoms with Crippen LogP contribution in [0.25, 0.3) is 0 Å². The molecule has 1 saturated heterocycles. The molecule has 55 heavy (non-hydrogen) atoms. The molecule has 0 spiro atoms. The quantitative estimate of drug-likeness (QED) is 0.0207. The number of aliphatic hydroxyl groups is 3. The van der Waals surface area contributed by atoms with Crippen molar-refractivity contribution in [2.75, 3.05) is 19.0 Å². The molecule has 1 heterocycles. The van der Waals surface area contributed by atoms with Crippen molar-refractivity contribution in [3.8, 4) is 0 Å². The SMILES string of the molecule is CC/C=C/C=C/C=C/C=C/C=C/CCCC(=O)OC(COC(=O)CCCCCC/C=C/C/C=C/C/C=C/CC)CO[C@H]1O[C@H](CS(=O)(=O)O)[C@@H](O)C(O)C1O. The van der Waals surface area contributed by atoms with E-state index in [9.17, 15) is 37.9 Å². The van der Waals surface area contributed by atoms with Crippen molar-refractivity contribution < 1.29 is 56.8 Å². The molecule has 6 atom stereocenters. The highest BCUT2D eigenvalue weighted by Crippen LogP contribution is 2.23. The first-order valence-corrected chi connectivity index (χ1v) is 21.0. The van der Waals surface area contributed by atoms with Crippen LogP contribution in [-0.2, 0) is 38.7 Å². The first-order valence-electron chi connectivity index (χ1n) is 19.4. The zero-order valence-corrected chi connectivity index (χ0v) is 33.3. The van der Waals surface area contributed by atoms with Crippen molar-refractivity contribution in [3.63, 3.8) is 0 Å². The Morgan fingerprint density at radius 1 is 0.636 bits per heavy atom. The molecular weight excluding hydrogens is 729 g/mol. The summed E-state index contributed by atoms with van der Waals surface area (Å²) in [6.45, 7) is 3.37. The Kier molecular flexibility index (Phi) is 28.6. The number of aliphatic hydroxyl groups excluding tert-OH is 3. The van der Waals surface area contributed by atoms with E-state index >= 15 is 0 Å². The van der Waals surface area contributed by atoms with Crippen LogP contribution < -0.4 is 0 Å². The molecule has 0 aromatic heterocycles. The highest BCUT2D eigenvalue weighted by Gasteiger charge is 2.46. The number of allylic oxidation sites excluding steroid dienone is 16. The summed E-state index contributed by atoms with van der Waals surface area (Å²) < 4.78 is 53.7. The minimum Gasteiger partial charge on any atom is -0.462 e. The average Bonchev–Trinajstić information content (AvgIpc) is 3.14. The fraction of sp³-hybridized carbons (Fsp3) is 0.571. The van der Waals surface area contributed by atoms with Gasteiger partial charge in [0, 0.05) is 12.8 Å². The molecule has 310 valence electrons. The maximum Gasteiger partial charge on any atom is 0.306 e. The Morgan fingerprint density at radius 2 is 1.20 bits per heavy atom. The first-order chi connectivity index (χ1) is 26.5. The third-order valence-electron chi connectivity index (χ3n) is 8.04. The maximum atomic E-state index is 12.7. The average molecular weight is 793 g/mol. The van der Waals surface area contributed by atoms with E-state index in [1.807, 2.05) is 54.7 Å². The van der Waals surface area contributed by atoms with E-state index in [1.165, 1.54) is 0 Å². The summed E-state index contributed by atoms with van der Waals surface area (Å²) in [7, 11) is -4.62. The molecule has 0 saturated carbocycles. The van der Waals surface area contributed by atoms with Crippen LogP contribution in [0.1, 0.15) is 97.3 Å². The lowest BCUT2D eigenvalue weighted by atomic mass is 10.00. The van der Waals surface area contributed by atoms with Gasteiger partial charge in [-0.3, -0.25) is 14.1 Å². The molecule has 13 heteroatoms. The Morgan fingerprint density at radius 3 is 1.85 bits per heavy atom. The minimum absolute atomic E-state index is 0.0565. The van der Waals surface area contributed by atoms with Crippen LogP contribution in [0.4, 0.5) is 0 Å². The van der Waals surface area contributed by atoms with Gasteiger partial charge in [0.1, 0.15) is 36.8 Å². The van der Waals surface area contributed by atoms with E-state index in [-0.39, 0.29) is 19.4 Å². The van der Waals surface area contributed by atoms with Gasteiger partial charge in [-0.2, -0.15) is 8.42 Å². The Hall–Kier alpha value is -3.43. The molecule has 0 radical (unpaired) electrons. The normalized spacial score (nSPS) is 21.9.